The number of nitrogens with one attached hydrogen (secondary N) is 2. The van der Waals surface area contributed by atoms with Crippen molar-refractivity contribution in [1.29, 1.82) is 0 Å². The maximum atomic E-state index is 12.9. The Morgan fingerprint density at radius 1 is 0.971 bits per heavy atom. The van der Waals surface area contributed by atoms with Crippen LogP contribution in [-0.2, 0) is 9.53 Å². The number of carbonyl (C=O) groups is 3. The lowest BCUT2D eigenvalue weighted by Gasteiger charge is -2.18. The van der Waals surface area contributed by atoms with E-state index < -0.39 is 35.9 Å². The van der Waals surface area contributed by atoms with Crippen LogP contribution < -0.4 is 10.6 Å². The molecule has 0 bridgehead atoms. The number of benzene rings is 2. The molecule has 0 saturated carbocycles. The molecule has 1 aliphatic rings. The van der Waals surface area contributed by atoms with E-state index in [-0.39, 0.29) is 18.2 Å². The van der Waals surface area contributed by atoms with E-state index in [0.717, 1.165) is 28.5 Å². The van der Waals surface area contributed by atoms with Crippen molar-refractivity contribution in [2.45, 2.75) is 18.1 Å². The van der Waals surface area contributed by atoms with Crippen LogP contribution in [0.2, 0.25) is 0 Å². The van der Waals surface area contributed by atoms with Gasteiger partial charge in [-0.1, -0.05) is 48.5 Å². The van der Waals surface area contributed by atoms with Crippen LogP contribution in [0.25, 0.3) is 11.1 Å². The van der Waals surface area contributed by atoms with Gasteiger partial charge in [-0.15, -0.1) is 0 Å². The average molecular weight is 485 g/mol. The first-order valence-corrected chi connectivity index (χ1v) is 10.3. The molecule has 8 nitrogen and oxygen atoms in total. The van der Waals surface area contributed by atoms with Crippen molar-refractivity contribution in [2.24, 2.45) is 0 Å². The van der Waals surface area contributed by atoms with E-state index in [0.29, 0.717) is 0 Å². The van der Waals surface area contributed by atoms with Gasteiger partial charge in [-0.3, -0.25) is 10.1 Å². The lowest BCUT2D eigenvalue weighted by atomic mass is 9.98. The molecular weight excluding hydrogens is 467 g/mol. The number of carboxylic acid groups (broad SMARTS) is 1. The number of halogens is 3. The van der Waals surface area contributed by atoms with Crippen molar-refractivity contribution >= 4 is 23.7 Å². The number of amides is 2. The summed E-state index contributed by atoms with van der Waals surface area (Å²) >= 11 is 0. The van der Waals surface area contributed by atoms with E-state index >= 15 is 0 Å². The smallest absolute Gasteiger partial charge is 0.419 e. The third-order valence-electron chi connectivity index (χ3n) is 5.45. The van der Waals surface area contributed by atoms with Gasteiger partial charge in [0.15, 0.2) is 5.69 Å². The lowest BCUT2D eigenvalue weighted by molar-refractivity contribution is -0.178. The molecule has 1 heterocycles. The molecule has 0 spiro atoms. The number of fused-ring (bicyclic) bond motifs is 3. The Hall–Kier alpha value is -4.41. The Labute approximate surface area is 196 Å². The number of hydrogen-bond acceptors (Lipinski definition) is 5. The fraction of sp³-hybridized carbons (Fsp3) is 0.167. The second-order valence-electron chi connectivity index (χ2n) is 7.64. The van der Waals surface area contributed by atoms with Gasteiger partial charge in [0, 0.05) is 12.1 Å². The van der Waals surface area contributed by atoms with Gasteiger partial charge in [0.25, 0.3) is 5.91 Å². The molecule has 4 rings (SSSR count). The van der Waals surface area contributed by atoms with E-state index in [1.54, 1.807) is 0 Å². The molecule has 2 amide bonds. The summed E-state index contributed by atoms with van der Waals surface area (Å²) in [5.41, 5.74) is 3.18. The monoisotopic (exact) mass is 485 g/mol. The number of hydrogen-bond donors (Lipinski definition) is 3. The Kier molecular flexibility index (Phi) is 6.41. The zero-order valence-corrected chi connectivity index (χ0v) is 17.9. The molecule has 3 aromatic rings. The first-order valence-electron chi connectivity index (χ1n) is 10.3. The lowest BCUT2D eigenvalue weighted by Crippen LogP contribution is -2.50. The molecular formula is C24H18F3N3O5. The zero-order chi connectivity index (χ0) is 25.2. The Morgan fingerprint density at radius 3 is 2.14 bits per heavy atom. The normalized spacial score (nSPS) is 13.3. The number of alkyl halides is 3. The van der Waals surface area contributed by atoms with Crippen LogP contribution in [0.15, 0.2) is 66.9 Å². The van der Waals surface area contributed by atoms with Crippen LogP contribution >= 0.6 is 0 Å². The molecule has 0 saturated heterocycles. The molecule has 1 unspecified atom stereocenters. The minimum Gasteiger partial charge on any atom is -0.479 e. The molecule has 35 heavy (non-hydrogen) atoms. The van der Waals surface area contributed by atoms with E-state index in [9.17, 15) is 27.6 Å². The molecule has 0 aliphatic heterocycles. The third kappa shape index (κ3) is 4.93. The molecule has 3 N–H and O–H groups in total. The van der Waals surface area contributed by atoms with Crippen LogP contribution in [-0.4, -0.2) is 46.9 Å². The van der Waals surface area contributed by atoms with Gasteiger partial charge in [-0.05, 0) is 34.4 Å². The number of pyridine rings is 1. The fourth-order valence-corrected chi connectivity index (χ4v) is 3.91. The number of carbonyl (C=O) groups excluding carboxylic acids is 2. The summed E-state index contributed by atoms with van der Waals surface area (Å²) in [6.45, 7) is -0.0309. The van der Waals surface area contributed by atoms with E-state index in [1.165, 1.54) is 17.4 Å². The van der Waals surface area contributed by atoms with Crippen molar-refractivity contribution in [2.75, 3.05) is 11.9 Å². The third-order valence-corrected chi connectivity index (χ3v) is 5.45. The number of carboxylic acids is 1. The van der Waals surface area contributed by atoms with E-state index in [2.05, 4.69) is 10.3 Å². The first-order chi connectivity index (χ1) is 16.7. The van der Waals surface area contributed by atoms with Crippen molar-refractivity contribution < 1.29 is 37.4 Å². The quantitative estimate of drug-likeness (QED) is 0.482. The SMILES string of the molecule is O=C(Nc1cccnc1C(=O)NC(C(=O)O)C(F)(F)F)OCC1c2ccccc2-c2ccccc21. The number of nitrogens with zero attached hydrogens (tertiary/aromatic N) is 1. The highest BCUT2D eigenvalue weighted by Gasteiger charge is 2.46. The van der Waals surface area contributed by atoms with Crippen LogP contribution in [0.1, 0.15) is 27.5 Å². The molecule has 11 heteroatoms. The first kappa shape index (κ1) is 23.7. The highest BCUT2D eigenvalue weighted by Crippen LogP contribution is 2.44. The maximum absolute atomic E-state index is 12.9. The topological polar surface area (TPSA) is 118 Å². The largest absolute Gasteiger partial charge is 0.479 e. The van der Waals surface area contributed by atoms with Crippen molar-refractivity contribution in [1.82, 2.24) is 10.3 Å². The fourth-order valence-electron chi connectivity index (χ4n) is 3.91. The highest BCUT2D eigenvalue weighted by molar-refractivity contribution is 6.02. The standard InChI is InChI=1S/C24H18F3N3O5/c25-24(26,27)20(22(32)33)30-21(31)19-18(10-5-11-28-19)29-23(34)35-12-17-15-8-3-1-6-13(15)14-7-2-4-9-16(14)17/h1-11,17,20H,12H2,(H,29,34)(H,30,31)(H,32,33). The summed E-state index contributed by atoms with van der Waals surface area (Å²) < 4.78 is 44.1. The van der Waals surface area contributed by atoms with Crippen molar-refractivity contribution in [3.63, 3.8) is 0 Å². The van der Waals surface area contributed by atoms with Gasteiger partial charge >= 0.3 is 18.2 Å². The predicted octanol–water partition coefficient (Wildman–Crippen LogP) is 4.19. The number of anilines is 1. The van der Waals surface area contributed by atoms with Gasteiger partial charge in [-0.2, -0.15) is 13.2 Å². The van der Waals surface area contributed by atoms with Gasteiger partial charge in [0.1, 0.15) is 6.61 Å². The van der Waals surface area contributed by atoms with E-state index in [4.69, 9.17) is 9.84 Å². The zero-order valence-electron chi connectivity index (χ0n) is 17.9. The second-order valence-corrected chi connectivity index (χ2v) is 7.64. The number of rotatable bonds is 6. The Morgan fingerprint density at radius 2 is 1.57 bits per heavy atom. The minimum atomic E-state index is -5.23. The highest BCUT2D eigenvalue weighted by atomic mass is 19.4. The summed E-state index contributed by atoms with van der Waals surface area (Å²) in [7, 11) is 0. The molecule has 0 fully saturated rings. The second kappa shape index (κ2) is 9.45. The van der Waals surface area contributed by atoms with Crippen LogP contribution in [0, 0.1) is 0 Å². The van der Waals surface area contributed by atoms with Crippen molar-refractivity contribution in [3.05, 3.63) is 83.7 Å². The summed E-state index contributed by atoms with van der Waals surface area (Å²) in [6, 6.07) is 14.8. The molecule has 0 radical (unpaired) electrons. The minimum absolute atomic E-state index is 0.0309. The van der Waals surface area contributed by atoms with Crippen LogP contribution in [0.5, 0.6) is 0 Å². The van der Waals surface area contributed by atoms with Crippen molar-refractivity contribution in [3.8, 4) is 11.1 Å². The van der Waals surface area contributed by atoms with Gasteiger partial charge in [-0.25, -0.2) is 14.6 Å². The maximum Gasteiger partial charge on any atom is 0.419 e. The Bertz CT molecular complexity index is 1250. The van der Waals surface area contributed by atoms with Gasteiger partial charge in [0.05, 0.1) is 5.69 Å². The van der Waals surface area contributed by atoms with Crippen LogP contribution in [0.4, 0.5) is 23.7 Å². The van der Waals surface area contributed by atoms with Gasteiger partial charge in [0.2, 0.25) is 6.04 Å². The van der Waals surface area contributed by atoms with E-state index in [1.807, 2.05) is 48.5 Å². The summed E-state index contributed by atoms with van der Waals surface area (Å²) in [6.07, 6.45) is -5.07. The molecule has 2 aromatic carbocycles. The molecule has 1 atom stereocenters. The summed E-state index contributed by atoms with van der Waals surface area (Å²) in [5, 5.41) is 12.4. The molecule has 180 valence electrons. The van der Waals surface area contributed by atoms with Gasteiger partial charge < -0.3 is 15.2 Å². The molecule has 1 aliphatic carbocycles. The number of aliphatic carboxylic acids is 1. The summed E-state index contributed by atoms with van der Waals surface area (Å²) in [4.78, 5) is 39.4. The number of aromatic nitrogens is 1. The predicted molar refractivity (Wildman–Crippen MR) is 118 cm³/mol. The average Bonchev–Trinajstić information content (AvgIpc) is 3.14. The Balaban J connectivity index is 1.47. The van der Waals surface area contributed by atoms with Crippen LogP contribution in [0.3, 0.4) is 0 Å². The summed E-state index contributed by atoms with van der Waals surface area (Å²) in [5.74, 6) is -3.94. The molecule has 1 aromatic heterocycles. The number of ether oxygens (including phenoxy) is 1.